The van der Waals surface area contributed by atoms with E-state index in [-0.39, 0.29) is 5.41 Å². The third kappa shape index (κ3) is 3.93. The SMILES string of the molecule is C[C@H]1CC(C#N)=C[C@@]2(C)c3nc(-c4ccnc5ccccc45)nc(-c4ccc(-c5ccccc5)cc4)c3CC[C@H]12. The first kappa shape index (κ1) is 24.4. The number of benzene rings is 3. The predicted octanol–water partition coefficient (Wildman–Crippen LogP) is 8.34. The summed E-state index contributed by atoms with van der Waals surface area (Å²) in [4.78, 5) is 15.2. The van der Waals surface area contributed by atoms with E-state index in [0.29, 0.717) is 17.7 Å². The van der Waals surface area contributed by atoms with Crippen molar-refractivity contribution in [1.82, 2.24) is 15.0 Å². The molecule has 2 aliphatic rings. The summed E-state index contributed by atoms with van der Waals surface area (Å²) in [6, 6.07) is 31.9. The van der Waals surface area contributed by atoms with E-state index >= 15 is 0 Å². The molecule has 7 rings (SSSR count). The molecular formula is C36H30N4. The van der Waals surface area contributed by atoms with Crippen LogP contribution < -0.4 is 0 Å². The topological polar surface area (TPSA) is 62.5 Å². The number of nitriles is 1. The highest BCUT2D eigenvalue weighted by molar-refractivity contribution is 5.92. The molecule has 3 aromatic carbocycles. The number of nitrogens with zero attached hydrogens (tertiary/aromatic N) is 4. The minimum Gasteiger partial charge on any atom is -0.256 e. The van der Waals surface area contributed by atoms with Gasteiger partial charge in [-0.15, -0.1) is 0 Å². The zero-order valence-electron chi connectivity index (χ0n) is 22.8. The van der Waals surface area contributed by atoms with Crippen LogP contribution in [0.1, 0.15) is 37.9 Å². The lowest BCUT2D eigenvalue weighted by Crippen LogP contribution is -2.43. The standard InChI is InChI=1S/C36H30N4/c1-23-20-24(22-37)21-36(2)31(23)17-16-30-33(27-14-12-26(13-15-27)25-8-4-3-5-9-25)39-35(40-34(30)36)29-18-19-38-32-11-7-6-10-28(29)32/h3-15,18-19,21,23,31H,16-17,20H2,1-2H3/t23-,31+,36+/m0/s1. The van der Waals surface area contributed by atoms with E-state index in [1.807, 2.05) is 36.5 Å². The average Bonchev–Trinajstić information content (AvgIpc) is 3.00. The van der Waals surface area contributed by atoms with E-state index in [0.717, 1.165) is 58.3 Å². The van der Waals surface area contributed by atoms with Crippen molar-refractivity contribution in [3.8, 4) is 39.8 Å². The minimum atomic E-state index is -0.324. The quantitative estimate of drug-likeness (QED) is 0.241. The molecule has 3 atom stereocenters. The summed E-state index contributed by atoms with van der Waals surface area (Å²) in [6.45, 7) is 4.58. The van der Waals surface area contributed by atoms with Crippen molar-refractivity contribution in [2.75, 3.05) is 0 Å². The number of aromatic nitrogens is 3. The van der Waals surface area contributed by atoms with E-state index in [1.165, 1.54) is 16.7 Å². The summed E-state index contributed by atoms with van der Waals surface area (Å²) in [5.41, 5.74) is 9.18. The number of pyridine rings is 1. The first-order chi connectivity index (χ1) is 19.5. The predicted molar refractivity (Wildman–Crippen MR) is 160 cm³/mol. The third-order valence-electron chi connectivity index (χ3n) is 8.99. The van der Waals surface area contributed by atoms with Gasteiger partial charge >= 0.3 is 0 Å². The maximum absolute atomic E-state index is 9.91. The highest BCUT2D eigenvalue weighted by Crippen LogP contribution is 2.52. The van der Waals surface area contributed by atoms with Gasteiger partial charge in [-0.3, -0.25) is 4.98 Å². The Hall–Kier alpha value is -4.62. The van der Waals surface area contributed by atoms with Gasteiger partial charge in [-0.2, -0.15) is 5.26 Å². The summed E-state index contributed by atoms with van der Waals surface area (Å²) >= 11 is 0. The van der Waals surface area contributed by atoms with Crippen molar-refractivity contribution in [1.29, 1.82) is 5.26 Å². The molecule has 2 aliphatic carbocycles. The van der Waals surface area contributed by atoms with Gasteiger partial charge < -0.3 is 0 Å². The zero-order chi connectivity index (χ0) is 27.3. The fourth-order valence-corrected chi connectivity index (χ4v) is 7.08. The molecule has 0 spiro atoms. The van der Waals surface area contributed by atoms with E-state index in [2.05, 4.69) is 85.6 Å². The first-order valence-electron chi connectivity index (χ1n) is 14.1. The molecule has 0 saturated carbocycles. The van der Waals surface area contributed by atoms with Crippen LogP contribution in [0.3, 0.4) is 0 Å². The van der Waals surface area contributed by atoms with Crippen LogP contribution in [0.15, 0.2) is 103 Å². The van der Waals surface area contributed by atoms with Crippen LogP contribution in [0.25, 0.3) is 44.7 Å². The monoisotopic (exact) mass is 518 g/mol. The molecule has 194 valence electrons. The minimum absolute atomic E-state index is 0.324. The van der Waals surface area contributed by atoms with Gasteiger partial charge in [0.1, 0.15) is 0 Å². The average molecular weight is 519 g/mol. The molecule has 40 heavy (non-hydrogen) atoms. The van der Waals surface area contributed by atoms with Crippen LogP contribution in [0.4, 0.5) is 0 Å². The number of hydrogen-bond donors (Lipinski definition) is 0. The summed E-state index contributed by atoms with van der Waals surface area (Å²) in [7, 11) is 0. The molecule has 2 heterocycles. The van der Waals surface area contributed by atoms with Gasteiger partial charge in [-0.05, 0) is 54.4 Å². The number of rotatable bonds is 3. The fourth-order valence-electron chi connectivity index (χ4n) is 7.08. The Bertz CT molecular complexity index is 1810. The van der Waals surface area contributed by atoms with E-state index < -0.39 is 0 Å². The molecule has 0 amide bonds. The summed E-state index contributed by atoms with van der Waals surface area (Å²) < 4.78 is 0. The third-order valence-corrected chi connectivity index (χ3v) is 8.99. The van der Waals surface area contributed by atoms with Crippen molar-refractivity contribution in [2.24, 2.45) is 11.8 Å². The maximum Gasteiger partial charge on any atom is 0.160 e. The highest BCUT2D eigenvalue weighted by Gasteiger charge is 2.46. The van der Waals surface area contributed by atoms with Crippen LogP contribution in [0.5, 0.6) is 0 Å². The van der Waals surface area contributed by atoms with Crippen LogP contribution >= 0.6 is 0 Å². The molecule has 0 radical (unpaired) electrons. The number of hydrogen-bond acceptors (Lipinski definition) is 4. The number of fused-ring (bicyclic) bond motifs is 4. The van der Waals surface area contributed by atoms with Crippen molar-refractivity contribution in [3.63, 3.8) is 0 Å². The summed E-state index contributed by atoms with van der Waals surface area (Å²) in [6.07, 6.45) is 6.89. The maximum atomic E-state index is 9.91. The second-order valence-electron chi connectivity index (χ2n) is 11.4. The Kier molecular flexibility index (Phi) is 5.82. The zero-order valence-corrected chi connectivity index (χ0v) is 22.8. The fraction of sp³-hybridized carbons (Fsp3) is 0.222. The van der Waals surface area contributed by atoms with Gasteiger partial charge in [0.25, 0.3) is 0 Å². The molecular weight excluding hydrogens is 488 g/mol. The Morgan fingerprint density at radius 1 is 0.850 bits per heavy atom. The molecule has 4 nitrogen and oxygen atoms in total. The largest absolute Gasteiger partial charge is 0.256 e. The molecule has 0 aliphatic heterocycles. The van der Waals surface area contributed by atoms with Crippen molar-refractivity contribution >= 4 is 10.9 Å². The van der Waals surface area contributed by atoms with Crippen LogP contribution in [-0.2, 0) is 11.8 Å². The van der Waals surface area contributed by atoms with Crippen LogP contribution in [0, 0.1) is 23.2 Å². The van der Waals surface area contributed by atoms with Gasteiger partial charge in [0.15, 0.2) is 5.82 Å². The normalized spacial score (nSPS) is 21.7. The van der Waals surface area contributed by atoms with Gasteiger partial charge in [0, 0.05) is 39.3 Å². The van der Waals surface area contributed by atoms with Crippen molar-refractivity contribution in [3.05, 3.63) is 114 Å². The van der Waals surface area contributed by atoms with Crippen molar-refractivity contribution in [2.45, 2.75) is 38.5 Å². The summed E-state index contributed by atoms with van der Waals surface area (Å²) in [5, 5.41) is 10.9. The molecule has 0 saturated heterocycles. The smallest absolute Gasteiger partial charge is 0.160 e. The second-order valence-corrected chi connectivity index (χ2v) is 11.4. The molecule has 0 N–H and O–H groups in total. The molecule has 5 aromatic rings. The lowest BCUT2D eigenvalue weighted by Gasteiger charge is -2.46. The second kappa shape index (κ2) is 9.54. The van der Waals surface area contributed by atoms with Gasteiger partial charge in [-0.25, -0.2) is 9.97 Å². The van der Waals surface area contributed by atoms with E-state index in [4.69, 9.17) is 9.97 Å². The lowest BCUT2D eigenvalue weighted by molar-refractivity contribution is 0.201. The molecule has 2 aromatic heterocycles. The Morgan fingerprint density at radius 3 is 2.38 bits per heavy atom. The van der Waals surface area contributed by atoms with Gasteiger partial charge in [0.2, 0.25) is 0 Å². The van der Waals surface area contributed by atoms with Gasteiger partial charge in [0.05, 0.1) is 23.0 Å². The summed E-state index contributed by atoms with van der Waals surface area (Å²) in [5.74, 6) is 1.57. The van der Waals surface area contributed by atoms with Gasteiger partial charge in [-0.1, -0.05) is 92.7 Å². The van der Waals surface area contributed by atoms with E-state index in [1.54, 1.807) is 0 Å². The molecule has 0 fully saturated rings. The Labute approximate surface area is 235 Å². The lowest BCUT2D eigenvalue weighted by atomic mass is 9.58. The van der Waals surface area contributed by atoms with Crippen LogP contribution in [-0.4, -0.2) is 15.0 Å². The Balaban J connectivity index is 1.47. The molecule has 0 bridgehead atoms. The molecule has 4 heteroatoms. The van der Waals surface area contributed by atoms with Crippen LogP contribution in [0.2, 0.25) is 0 Å². The molecule has 0 unspecified atom stereocenters. The number of allylic oxidation sites excluding steroid dienone is 2. The highest BCUT2D eigenvalue weighted by atomic mass is 14.9. The van der Waals surface area contributed by atoms with Crippen molar-refractivity contribution < 1.29 is 0 Å². The number of para-hydroxylation sites is 1. The van der Waals surface area contributed by atoms with E-state index in [9.17, 15) is 5.26 Å². The Morgan fingerprint density at radius 2 is 1.57 bits per heavy atom. The first-order valence-corrected chi connectivity index (χ1v) is 14.1.